The lowest BCUT2D eigenvalue weighted by atomic mass is 10.1. The number of hydrogen-bond acceptors (Lipinski definition) is 4. The standard InChI is InChI=1S/C13H24N4O2/c1-3-11-12(18)15-6-9-17(11)10(2)13(19)16-7-4-14-5-8-16/h10-11,14H,3-9H2,1-2H3,(H,15,18). The Bertz CT molecular complexity index is 342. The Balaban J connectivity index is 2.02. The van der Waals surface area contributed by atoms with Gasteiger partial charge in [-0.15, -0.1) is 0 Å². The number of hydrogen-bond donors (Lipinski definition) is 2. The van der Waals surface area contributed by atoms with Gasteiger partial charge in [-0.2, -0.15) is 0 Å². The second kappa shape index (κ2) is 6.34. The lowest BCUT2D eigenvalue weighted by Crippen LogP contribution is -2.61. The van der Waals surface area contributed by atoms with E-state index in [-0.39, 0.29) is 23.9 Å². The van der Waals surface area contributed by atoms with Crippen molar-refractivity contribution in [2.75, 3.05) is 39.3 Å². The van der Waals surface area contributed by atoms with E-state index in [2.05, 4.69) is 10.6 Å². The van der Waals surface area contributed by atoms with E-state index in [1.807, 2.05) is 23.6 Å². The Labute approximate surface area is 114 Å². The highest BCUT2D eigenvalue weighted by Gasteiger charge is 2.35. The van der Waals surface area contributed by atoms with Crippen LogP contribution in [0.25, 0.3) is 0 Å². The Morgan fingerprint density at radius 2 is 2.00 bits per heavy atom. The summed E-state index contributed by atoms with van der Waals surface area (Å²) in [6.45, 7) is 8.54. The van der Waals surface area contributed by atoms with Crippen LogP contribution in [0, 0.1) is 0 Å². The summed E-state index contributed by atoms with van der Waals surface area (Å²) in [6, 6.07) is -0.385. The van der Waals surface area contributed by atoms with Gasteiger partial charge in [-0.3, -0.25) is 14.5 Å². The van der Waals surface area contributed by atoms with Gasteiger partial charge in [0.15, 0.2) is 0 Å². The predicted molar refractivity (Wildman–Crippen MR) is 72.7 cm³/mol. The first-order valence-electron chi connectivity index (χ1n) is 7.18. The van der Waals surface area contributed by atoms with Crippen LogP contribution in [0.1, 0.15) is 20.3 Å². The molecule has 2 N–H and O–H groups in total. The Morgan fingerprint density at radius 1 is 1.32 bits per heavy atom. The summed E-state index contributed by atoms with van der Waals surface area (Å²) in [7, 11) is 0. The molecule has 6 heteroatoms. The molecular formula is C13H24N4O2. The summed E-state index contributed by atoms with van der Waals surface area (Å²) in [6.07, 6.45) is 0.741. The van der Waals surface area contributed by atoms with Crippen molar-refractivity contribution in [3.63, 3.8) is 0 Å². The maximum atomic E-state index is 12.5. The molecule has 2 saturated heterocycles. The van der Waals surface area contributed by atoms with Crippen LogP contribution < -0.4 is 10.6 Å². The quantitative estimate of drug-likeness (QED) is 0.690. The van der Waals surface area contributed by atoms with Gasteiger partial charge in [-0.25, -0.2) is 0 Å². The Kier molecular flexibility index (Phi) is 4.76. The van der Waals surface area contributed by atoms with Gasteiger partial charge in [-0.05, 0) is 13.3 Å². The van der Waals surface area contributed by atoms with Gasteiger partial charge < -0.3 is 15.5 Å². The molecule has 0 aromatic carbocycles. The fourth-order valence-corrected chi connectivity index (χ4v) is 2.91. The molecule has 0 aromatic rings. The number of amides is 2. The topological polar surface area (TPSA) is 64.7 Å². The molecule has 2 fully saturated rings. The molecule has 2 heterocycles. The highest BCUT2D eigenvalue weighted by atomic mass is 16.2. The van der Waals surface area contributed by atoms with Crippen LogP contribution in [-0.4, -0.2) is 73.0 Å². The monoisotopic (exact) mass is 268 g/mol. The number of piperazine rings is 2. The molecule has 6 nitrogen and oxygen atoms in total. The third kappa shape index (κ3) is 3.06. The minimum absolute atomic E-state index is 0.0497. The zero-order chi connectivity index (χ0) is 13.8. The molecule has 0 aliphatic carbocycles. The van der Waals surface area contributed by atoms with Gasteiger partial charge >= 0.3 is 0 Å². The predicted octanol–water partition coefficient (Wildman–Crippen LogP) is -0.983. The van der Waals surface area contributed by atoms with Crippen molar-refractivity contribution in [1.82, 2.24) is 20.4 Å². The minimum Gasteiger partial charge on any atom is -0.353 e. The second-order valence-electron chi connectivity index (χ2n) is 5.20. The first-order chi connectivity index (χ1) is 9.15. The van der Waals surface area contributed by atoms with Crippen LogP contribution in [0.5, 0.6) is 0 Å². The van der Waals surface area contributed by atoms with Gasteiger partial charge in [0, 0.05) is 39.3 Å². The van der Waals surface area contributed by atoms with E-state index in [9.17, 15) is 9.59 Å². The number of nitrogens with one attached hydrogen (secondary N) is 2. The SMILES string of the molecule is CCC1C(=O)NCCN1C(C)C(=O)N1CCNCC1. The summed E-state index contributed by atoms with van der Waals surface area (Å²) in [5.41, 5.74) is 0. The molecule has 2 amide bonds. The van der Waals surface area contributed by atoms with E-state index in [4.69, 9.17) is 0 Å². The van der Waals surface area contributed by atoms with E-state index in [1.165, 1.54) is 0 Å². The molecule has 2 rings (SSSR count). The summed E-state index contributed by atoms with van der Waals surface area (Å²) in [5, 5.41) is 6.11. The zero-order valence-electron chi connectivity index (χ0n) is 11.8. The van der Waals surface area contributed by atoms with Crippen LogP contribution in [-0.2, 0) is 9.59 Å². The van der Waals surface area contributed by atoms with Gasteiger partial charge in [0.05, 0.1) is 12.1 Å². The van der Waals surface area contributed by atoms with Crippen molar-refractivity contribution in [2.24, 2.45) is 0 Å². The Morgan fingerprint density at radius 3 is 2.63 bits per heavy atom. The number of carbonyl (C=O) groups excluding carboxylic acids is 2. The normalized spacial score (nSPS) is 26.9. The van der Waals surface area contributed by atoms with E-state index in [0.717, 1.165) is 39.1 Å². The second-order valence-corrected chi connectivity index (χ2v) is 5.20. The van der Waals surface area contributed by atoms with Crippen LogP contribution in [0.4, 0.5) is 0 Å². The summed E-state index contributed by atoms with van der Waals surface area (Å²) < 4.78 is 0. The third-order valence-corrected chi connectivity index (χ3v) is 4.04. The molecule has 2 aliphatic heterocycles. The van der Waals surface area contributed by atoms with Crippen molar-refractivity contribution in [3.8, 4) is 0 Å². The summed E-state index contributed by atoms with van der Waals surface area (Å²) >= 11 is 0. The lowest BCUT2D eigenvalue weighted by Gasteiger charge is -2.40. The molecular weight excluding hydrogens is 244 g/mol. The largest absolute Gasteiger partial charge is 0.353 e. The minimum atomic E-state index is -0.214. The molecule has 0 spiro atoms. The first kappa shape index (κ1) is 14.3. The van der Waals surface area contributed by atoms with Crippen LogP contribution in [0.3, 0.4) is 0 Å². The lowest BCUT2D eigenvalue weighted by molar-refractivity contribution is -0.141. The average molecular weight is 268 g/mol. The van der Waals surface area contributed by atoms with E-state index in [0.29, 0.717) is 6.54 Å². The highest BCUT2D eigenvalue weighted by Crippen LogP contribution is 2.14. The molecule has 0 bridgehead atoms. The first-order valence-corrected chi connectivity index (χ1v) is 7.18. The number of nitrogens with zero attached hydrogens (tertiary/aromatic N) is 2. The molecule has 108 valence electrons. The van der Waals surface area contributed by atoms with Gasteiger partial charge in [-0.1, -0.05) is 6.92 Å². The zero-order valence-corrected chi connectivity index (χ0v) is 11.8. The van der Waals surface area contributed by atoms with Crippen molar-refractivity contribution < 1.29 is 9.59 Å². The van der Waals surface area contributed by atoms with Gasteiger partial charge in [0.25, 0.3) is 0 Å². The van der Waals surface area contributed by atoms with Crippen molar-refractivity contribution in [2.45, 2.75) is 32.4 Å². The molecule has 0 saturated carbocycles. The molecule has 0 aromatic heterocycles. The fraction of sp³-hybridized carbons (Fsp3) is 0.846. The summed E-state index contributed by atoms with van der Waals surface area (Å²) in [4.78, 5) is 28.3. The smallest absolute Gasteiger partial charge is 0.239 e. The van der Waals surface area contributed by atoms with Crippen LogP contribution in [0.15, 0.2) is 0 Å². The van der Waals surface area contributed by atoms with Gasteiger partial charge in [0.1, 0.15) is 0 Å². The molecule has 19 heavy (non-hydrogen) atoms. The van der Waals surface area contributed by atoms with E-state index in [1.54, 1.807) is 0 Å². The maximum Gasteiger partial charge on any atom is 0.239 e. The third-order valence-electron chi connectivity index (χ3n) is 4.04. The summed E-state index contributed by atoms with van der Waals surface area (Å²) in [5.74, 6) is 0.198. The maximum absolute atomic E-state index is 12.5. The van der Waals surface area contributed by atoms with Crippen molar-refractivity contribution in [1.29, 1.82) is 0 Å². The average Bonchev–Trinajstić information content (AvgIpc) is 2.46. The van der Waals surface area contributed by atoms with E-state index >= 15 is 0 Å². The van der Waals surface area contributed by atoms with Crippen LogP contribution >= 0.6 is 0 Å². The number of rotatable bonds is 3. The molecule has 2 unspecified atom stereocenters. The van der Waals surface area contributed by atoms with Gasteiger partial charge in [0.2, 0.25) is 11.8 Å². The molecule has 2 aliphatic rings. The Hall–Kier alpha value is -1.14. The van der Waals surface area contributed by atoms with Crippen molar-refractivity contribution >= 4 is 11.8 Å². The van der Waals surface area contributed by atoms with Crippen LogP contribution in [0.2, 0.25) is 0 Å². The number of carbonyl (C=O) groups is 2. The molecule has 0 radical (unpaired) electrons. The molecule has 2 atom stereocenters. The van der Waals surface area contributed by atoms with E-state index < -0.39 is 0 Å². The fourth-order valence-electron chi connectivity index (χ4n) is 2.91. The van der Waals surface area contributed by atoms with Crippen molar-refractivity contribution in [3.05, 3.63) is 0 Å². The highest BCUT2D eigenvalue weighted by molar-refractivity contribution is 5.85.